The van der Waals surface area contributed by atoms with Gasteiger partial charge in [0.2, 0.25) is 11.8 Å². The fraction of sp³-hybridized carbons (Fsp3) is 0.538. The smallest absolute Gasteiger partial charge is 0.235 e. The van der Waals surface area contributed by atoms with Crippen LogP contribution in [0.4, 0.5) is 11.6 Å². The van der Waals surface area contributed by atoms with Crippen LogP contribution < -0.4 is 15.5 Å². The van der Waals surface area contributed by atoms with Crippen LogP contribution in [-0.2, 0) is 15.0 Å². The Hall–Kier alpha value is -2.71. The molecule has 8 nitrogen and oxygen atoms in total. The van der Waals surface area contributed by atoms with Gasteiger partial charge in [0.15, 0.2) is 0 Å². The molecule has 2 bridgehead atoms. The van der Waals surface area contributed by atoms with Crippen molar-refractivity contribution < 1.29 is 9.59 Å². The summed E-state index contributed by atoms with van der Waals surface area (Å²) in [4.78, 5) is 39.8. The Morgan fingerprint density at radius 3 is 2.46 bits per heavy atom. The molecule has 2 amide bonds. The van der Waals surface area contributed by atoms with Crippen molar-refractivity contribution in [3.05, 3.63) is 46.7 Å². The Kier molecular flexibility index (Phi) is 6.21. The average Bonchev–Trinajstić information content (AvgIpc) is 3.22. The number of aromatic nitrogens is 2. The number of carbonyl (C=O) groups is 2. The Morgan fingerprint density at radius 2 is 1.83 bits per heavy atom. The van der Waals surface area contributed by atoms with Gasteiger partial charge in [-0.1, -0.05) is 37.6 Å². The number of halogens is 1. The highest BCUT2D eigenvalue weighted by atomic mass is 35.5. The largest absolute Gasteiger partial charge is 0.352 e. The van der Waals surface area contributed by atoms with Crippen LogP contribution in [0.2, 0.25) is 5.02 Å². The lowest BCUT2D eigenvalue weighted by atomic mass is 9.86. The molecular formula is C26H33ClN6O2. The summed E-state index contributed by atoms with van der Waals surface area (Å²) < 4.78 is 0. The van der Waals surface area contributed by atoms with Crippen molar-refractivity contribution in [1.29, 1.82) is 0 Å². The predicted molar refractivity (Wildman–Crippen MR) is 137 cm³/mol. The molecule has 0 aliphatic carbocycles. The Morgan fingerprint density at radius 1 is 1.17 bits per heavy atom. The van der Waals surface area contributed by atoms with Crippen molar-refractivity contribution in [2.24, 2.45) is 0 Å². The molecule has 0 saturated carbocycles. The van der Waals surface area contributed by atoms with E-state index in [4.69, 9.17) is 11.6 Å². The van der Waals surface area contributed by atoms with Crippen molar-refractivity contribution in [2.75, 3.05) is 29.9 Å². The van der Waals surface area contributed by atoms with Gasteiger partial charge in [0, 0.05) is 42.8 Å². The number of anilines is 2. The Labute approximate surface area is 211 Å². The minimum Gasteiger partial charge on any atom is -0.352 e. The molecule has 0 spiro atoms. The van der Waals surface area contributed by atoms with Crippen molar-refractivity contribution in [3.8, 4) is 0 Å². The summed E-state index contributed by atoms with van der Waals surface area (Å²) in [5.41, 5.74) is 1.14. The van der Waals surface area contributed by atoms with Gasteiger partial charge >= 0.3 is 0 Å². The van der Waals surface area contributed by atoms with Crippen LogP contribution in [0.5, 0.6) is 0 Å². The first-order chi connectivity index (χ1) is 16.7. The number of carbonyl (C=O) groups excluding carboxylic acids is 2. The summed E-state index contributed by atoms with van der Waals surface area (Å²) in [5, 5.41) is 7.02. The Balaban J connectivity index is 1.40. The number of hydrogen-bond donors (Lipinski definition) is 2. The summed E-state index contributed by atoms with van der Waals surface area (Å²) in [5.74, 6) is 1.23. The highest BCUT2D eigenvalue weighted by Crippen LogP contribution is 2.43. The molecule has 9 heteroatoms. The molecule has 2 fully saturated rings. The number of nitrogens with one attached hydrogen (secondary N) is 2. The van der Waals surface area contributed by atoms with Crippen molar-refractivity contribution >= 4 is 35.1 Å². The van der Waals surface area contributed by atoms with Gasteiger partial charge in [-0.25, -0.2) is 9.97 Å². The van der Waals surface area contributed by atoms with Gasteiger partial charge in [-0.2, -0.15) is 0 Å². The monoisotopic (exact) mass is 496 g/mol. The summed E-state index contributed by atoms with van der Waals surface area (Å²) >= 11 is 6.12. The topological polar surface area (TPSA) is 90.5 Å². The lowest BCUT2D eigenvalue weighted by Gasteiger charge is -2.43. The van der Waals surface area contributed by atoms with Gasteiger partial charge in [-0.3, -0.25) is 9.59 Å². The SMILES string of the molecule is CC(C)NC[C@@H](C(=O)N1C2CCC1CN(c1ncnc3c1C(C)(C)C(=O)N3)C2)c1ccc(Cl)cc1. The minimum atomic E-state index is -0.694. The summed E-state index contributed by atoms with van der Waals surface area (Å²) in [7, 11) is 0. The standard InChI is InChI=1S/C26H33ClN6O2/c1-15(2)28-11-20(16-5-7-17(27)8-6-16)24(34)33-18-9-10-19(33)13-32(12-18)23-21-22(29-14-30-23)31-25(35)26(21,3)4/h5-8,14-15,18-20,28H,9-13H2,1-4H3,(H,29,30,31,35)/t18?,19?,20-/m1/s1. The number of piperazine rings is 1. The molecule has 3 aliphatic rings. The van der Waals surface area contributed by atoms with E-state index in [0.29, 0.717) is 30.5 Å². The van der Waals surface area contributed by atoms with Crippen LogP contribution in [0.3, 0.4) is 0 Å². The van der Waals surface area contributed by atoms with Gasteiger partial charge in [-0.05, 0) is 44.4 Å². The Bertz CT molecular complexity index is 1120. The third-order valence-electron chi connectivity index (χ3n) is 7.59. The quantitative estimate of drug-likeness (QED) is 0.637. The van der Waals surface area contributed by atoms with E-state index in [1.807, 2.05) is 38.1 Å². The second kappa shape index (κ2) is 9.06. The first kappa shape index (κ1) is 24.0. The number of amides is 2. The zero-order valence-electron chi connectivity index (χ0n) is 20.7. The van der Waals surface area contributed by atoms with E-state index in [-0.39, 0.29) is 35.9 Å². The van der Waals surface area contributed by atoms with Crippen LogP contribution in [0.1, 0.15) is 57.6 Å². The van der Waals surface area contributed by atoms with E-state index >= 15 is 0 Å². The third-order valence-corrected chi connectivity index (χ3v) is 7.84. The molecule has 2 N–H and O–H groups in total. The summed E-state index contributed by atoms with van der Waals surface area (Å²) in [6, 6.07) is 8.12. The van der Waals surface area contributed by atoms with Crippen LogP contribution in [0.15, 0.2) is 30.6 Å². The maximum absolute atomic E-state index is 14.0. The molecule has 186 valence electrons. The second-order valence-corrected chi connectivity index (χ2v) is 11.1. The normalized spacial score (nSPS) is 23.4. The van der Waals surface area contributed by atoms with E-state index in [2.05, 4.69) is 44.2 Å². The fourth-order valence-electron chi connectivity index (χ4n) is 5.68. The first-order valence-corrected chi connectivity index (χ1v) is 12.8. The van der Waals surface area contributed by atoms with Crippen LogP contribution in [0, 0.1) is 0 Å². The zero-order chi connectivity index (χ0) is 24.9. The van der Waals surface area contributed by atoms with Gasteiger partial charge in [0.1, 0.15) is 18.0 Å². The van der Waals surface area contributed by atoms with Crippen LogP contribution in [0.25, 0.3) is 0 Å². The molecule has 2 aromatic rings. The maximum atomic E-state index is 14.0. The second-order valence-electron chi connectivity index (χ2n) is 10.7. The molecule has 0 radical (unpaired) electrons. The molecule has 3 aliphatic heterocycles. The van der Waals surface area contributed by atoms with E-state index in [9.17, 15) is 9.59 Å². The molecule has 3 atom stereocenters. The van der Waals surface area contributed by atoms with Crippen LogP contribution >= 0.6 is 11.6 Å². The zero-order valence-corrected chi connectivity index (χ0v) is 21.5. The van der Waals surface area contributed by atoms with Crippen LogP contribution in [-0.4, -0.2) is 64.4 Å². The molecule has 2 unspecified atom stereocenters. The van der Waals surface area contributed by atoms with Crippen molar-refractivity contribution in [1.82, 2.24) is 20.2 Å². The summed E-state index contributed by atoms with van der Waals surface area (Å²) in [6.45, 7) is 9.98. The highest BCUT2D eigenvalue weighted by Gasteiger charge is 2.48. The predicted octanol–water partition coefficient (Wildman–Crippen LogP) is 3.32. The minimum absolute atomic E-state index is 0.0607. The highest BCUT2D eigenvalue weighted by molar-refractivity contribution is 6.30. The molecule has 1 aromatic carbocycles. The van der Waals surface area contributed by atoms with E-state index < -0.39 is 5.41 Å². The third kappa shape index (κ3) is 4.27. The number of hydrogen-bond acceptors (Lipinski definition) is 6. The molecule has 2 saturated heterocycles. The molecular weight excluding hydrogens is 464 g/mol. The van der Waals surface area contributed by atoms with Crippen molar-refractivity contribution in [2.45, 2.75) is 70.0 Å². The van der Waals surface area contributed by atoms with Gasteiger partial charge < -0.3 is 20.4 Å². The van der Waals surface area contributed by atoms with Gasteiger partial charge in [0.05, 0.1) is 16.9 Å². The van der Waals surface area contributed by atoms with Gasteiger partial charge in [0.25, 0.3) is 0 Å². The van der Waals surface area contributed by atoms with E-state index in [1.165, 1.54) is 6.33 Å². The fourth-order valence-corrected chi connectivity index (χ4v) is 5.80. The maximum Gasteiger partial charge on any atom is 0.235 e. The number of nitrogens with zero attached hydrogens (tertiary/aromatic N) is 4. The molecule has 35 heavy (non-hydrogen) atoms. The average molecular weight is 497 g/mol. The lowest BCUT2D eigenvalue weighted by molar-refractivity contribution is -0.136. The molecule has 1 aromatic heterocycles. The van der Waals surface area contributed by atoms with E-state index in [1.54, 1.807) is 0 Å². The molecule has 5 rings (SSSR count). The number of fused-ring (bicyclic) bond motifs is 3. The summed E-state index contributed by atoms with van der Waals surface area (Å²) in [6.07, 6.45) is 3.45. The molecule has 4 heterocycles. The lowest BCUT2D eigenvalue weighted by Crippen LogP contribution is -2.58. The number of benzene rings is 1. The van der Waals surface area contributed by atoms with Gasteiger partial charge in [-0.15, -0.1) is 0 Å². The number of rotatable bonds is 6. The first-order valence-electron chi connectivity index (χ1n) is 12.4. The van der Waals surface area contributed by atoms with Crippen molar-refractivity contribution in [3.63, 3.8) is 0 Å². The van der Waals surface area contributed by atoms with E-state index in [0.717, 1.165) is 29.8 Å².